The molecule has 1 fully saturated rings. The van der Waals surface area contributed by atoms with Gasteiger partial charge in [0.2, 0.25) is 0 Å². The van der Waals surface area contributed by atoms with Crippen molar-refractivity contribution in [3.05, 3.63) is 81.1 Å². The van der Waals surface area contributed by atoms with E-state index in [9.17, 15) is 4.79 Å². The highest BCUT2D eigenvalue weighted by Crippen LogP contribution is 2.32. The minimum Gasteiger partial charge on any atom is -0.469 e. The van der Waals surface area contributed by atoms with Gasteiger partial charge in [0.1, 0.15) is 5.65 Å². The normalized spacial score (nSPS) is 17.6. The maximum absolute atomic E-state index is 15.1. The third-order valence-corrected chi connectivity index (χ3v) is 8.32. The molecule has 3 heterocycles. The van der Waals surface area contributed by atoms with Crippen LogP contribution in [0.3, 0.4) is 0 Å². The fraction of sp³-hybridized carbons (Fsp3) is 0.406. The van der Waals surface area contributed by atoms with Crippen molar-refractivity contribution in [2.45, 2.75) is 70.0 Å². The highest BCUT2D eigenvalue weighted by Gasteiger charge is 2.22. The minimum absolute atomic E-state index is 0.0571. The molecule has 43 heavy (non-hydrogen) atoms. The molecular weight excluding hydrogens is 569 g/mol. The highest BCUT2D eigenvalue weighted by atomic mass is 35.5. The van der Waals surface area contributed by atoms with Gasteiger partial charge in [0, 0.05) is 41.8 Å². The van der Waals surface area contributed by atoms with E-state index in [1.807, 2.05) is 31.2 Å². The predicted octanol–water partition coefficient (Wildman–Crippen LogP) is 5.59. The molecule has 1 aliphatic heterocycles. The van der Waals surface area contributed by atoms with Crippen molar-refractivity contribution in [3.63, 3.8) is 0 Å². The molecule has 9 nitrogen and oxygen atoms in total. The van der Waals surface area contributed by atoms with Crippen molar-refractivity contribution in [2.75, 3.05) is 13.7 Å². The zero-order valence-corrected chi connectivity index (χ0v) is 25.3. The van der Waals surface area contributed by atoms with Gasteiger partial charge in [-0.05, 0) is 86.9 Å². The largest absolute Gasteiger partial charge is 0.469 e. The Balaban J connectivity index is 1.33. The van der Waals surface area contributed by atoms with Gasteiger partial charge in [-0.25, -0.2) is 9.18 Å². The molecule has 2 aromatic heterocycles. The van der Waals surface area contributed by atoms with Crippen molar-refractivity contribution in [1.29, 1.82) is 5.41 Å². The number of nitrogens with zero attached hydrogens (tertiary/aromatic N) is 2. The van der Waals surface area contributed by atoms with E-state index in [0.717, 1.165) is 56.1 Å². The van der Waals surface area contributed by atoms with Gasteiger partial charge < -0.3 is 26.1 Å². The number of piperidine rings is 1. The zero-order chi connectivity index (χ0) is 30.5. The van der Waals surface area contributed by atoms with Crippen molar-refractivity contribution in [3.8, 4) is 16.9 Å². The summed E-state index contributed by atoms with van der Waals surface area (Å²) in [5.41, 5.74) is 9.47. The number of aromatic amines is 1. The Bertz CT molecular complexity index is 1630. The van der Waals surface area contributed by atoms with E-state index in [2.05, 4.69) is 20.6 Å². The Hall–Kier alpha value is -3.73. The number of H-pyrrole nitrogens is 1. The number of methoxy groups -OCH3 is 1. The molecule has 0 saturated carbocycles. The standard InChI is InChI=1S/C32H39ClFN7O2/c1-19(35)5-3-6-20-15-25(29(34)26(33)16-20)28-17-22-18-41(32(42)40-30(22)39-28)24-11-9-21(10-12-24)27-8-4-7-23(38-27)13-14-37-31(36)43-2/h9-12,15-19,23,27,38H,3-8,13-14,35H2,1-2H3,(H2,36,37)(H,39,40,42)/t19-,23-,27-/m0/s1. The summed E-state index contributed by atoms with van der Waals surface area (Å²) in [6.07, 6.45) is 8.34. The molecule has 0 unspecified atom stereocenters. The van der Waals surface area contributed by atoms with E-state index < -0.39 is 11.5 Å². The van der Waals surface area contributed by atoms with E-state index in [-0.39, 0.29) is 23.1 Å². The molecule has 0 radical (unpaired) electrons. The number of hydrogen-bond acceptors (Lipinski definition) is 6. The smallest absolute Gasteiger partial charge is 0.354 e. The summed E-state index contributed by atoms with van der Waals surface area (Å²) in [5, 5.41) is 15.0. The molecule has 4 aromatic rings. The number of ether oxygens (including phenoxy) is 1. The third-order valence-electron chi connectivity index (χ3n) is 8.05. The zero-order valence-electron chi connectivity index (χ0n) is 24.6. The molecular formula is C32H39ClFN7O2. The molecule has 3 atom stereocenters. The highest BCUT2D eigenvalue weighted by molar-refractivity contribution is 6.31. The number of amidine groups is 1. The lowest BCUT2D eigenvalue weighted by Crippen LogP contribution is -2.39. The molecule has 2 aromatic carbocycles. The fourth-order valence-electron chi connectivity index (χ4n) is 5.75. The van der Waals surface area contributed by atoms with Crippen molar-refractivity contribution in [1.82, 2.24) is 25.2 Å². The van der Waals surface area contributed by atoms with Gasteiger partial charge >= 0.3 is 5.69 Å². The second-order valence-corrected chi connectivity index (χ2v) is 11.8. The van der Waals surface area contributed by atoms with Crippen LogP contribution >= 0.6 is 11.6 Å². The van der Waals surface area contributed by atoms with Crippen LogP contribution in [0.2, 0.25) is 5.02 Å². The number of hydrogen-bond donors (Lipinski definition) is 5. The lowest BCUT2D eigenvalue weighted by atomic mass is 9.92. The Kier molecular flexibility index (Phi) is 9.79. The second-order valence-electron chi connectivity index (χ2n) is 11.4. The number of aryl methyl sites for hydroxylation is 1. The molecule has 11 heteroatoms. The van der Waals surface area contributed by atoms with E-state index in [1.165, 1.54) is 11.7 Å². The molecule has 1 aliphatic rings. The molecule has 5 rings (SSSR count). The molecule has 0 aliphatic carbocycles. The van der Waals surface area contributed by atoms with E-state index in [0.29, 0.717) is 40.6 Å². The van der Waals surface area contributed by atoms with Gasteiger partial charge in [0.05, 0.1) is 23.5 Å². The fourth-order valence-corrected chi connectivity index (χ4v) is 5.99. The monoisotopic (exact) mass is 607 g/mol. The van der Waals surface area contributed by atoms with Crippen LogP contribution in [0.4, 0.5) is 4.39 Å². The quantitative estimate of drug-likeness (QED) is 0.118. The SMILES string of the molecule is COC(=N)NCC[C@@H]1CCC[C@@H](c2ccc(-n3cc4cc(-c5cc(CCC[C@H](C)N)cc(Cl)c5F)[nH]c4nc3=O)cc2)N1. The van der Waals surface area contributed by atoms with Crippen molar-refractivity contribution < 1.29 is 9.13 Å². The summed E-state index contributed by atoms with van der Waals surface area (Å²) in [5.74, 6) is -0.515. The number of nitrogens with one attached hydrogen (secondary N) is 4. The van der Waals surface area contributed by atoms with Gasteiger partial charge in [0.15, 0.2) is 5.82 Å². The first-order valence-corrected chi connectivity index (χ1v) is 15.2. The van der Waals surface area contributed by atoms with Crippen LogP contribution in [0.5, 0.6) is 0 Å². The first-order chi connectivity index (χ1) is 20.7. The van der Waals surface area contributed by atoms with E-state index in [4.69, 9.17) is 27.5 Å². The molecule has 6 N–H and O–H groups in total. The Labute approximate surface area is 255 Å². The van der Waals surface area contributed by atoms with Gasteiger partial charge in [-0.1, -0.05) is 30.2 Å². The predicted molar refractivity (Wildman–Crippen MR) is 170 cm³/mol. The van der Waals surface area contributed by atoms with E-state index in [1.54, 1.807) is 24.4 Å². The first kappa shape index (κ1) is 30.7. The Morgan fingerprint density at radius 3 is 2.81 bits per heavy atom. The van der Waals surface area contributed by atoms with Crippen LogP contribution in [-0.4, -0.2) is 46.3 Å². The topological polar surface area (TPSA) is 134 Å². The van der Waals surface area contributed by atoms with Crippen LogP contribution in [-0.2, 0) is 11.2 Å². The van der Waals surface area contributed by atoms with Crippen LogP contribution in [0.15, 0.2) is 53.5 Å². The van der Waals surface area contributed by atoms with Crippen molar-refractivity contribution >= 4 is 28.7 Å². The molecule has 0 spiro atoms. The van der Waals surface area contributed by atoms with Gasteiger partial charge in [-0.3, -0.25) is 9.98 Å². The lowest BCUT2D eigenvalue weighted by molar-refractivity contribution is 0.308. The van der Waals surface area contributed by atoms with Crippen LogP contribution in [0, 0.1) is 11.2 Å². The number of fused-ring (bicyclic) bond motifs is 1. The molecule has 0 amide bonds. The molecule has 228 valence electrons. The molecule has 0 bridgehead atoms. The first-order valence-electron chi connectivity index (χ1n) is 14.8. The average Bonchev–Trinajstić information content (AvgIpc) is 3.41. The van der Waals surface area contributed by atoms with Gasteiger partial charge in [-0.2, -0.15) is 4.98 Å². The number of rotatable bonds is 10. The summed E-state index contributed by atoms with van der Waals surface area (Å²) in [4.78, 5) is 20.4. The van der Waals surface area contributed by atoms with E-state index >= 15 is 4.39 Å². The summed E-state index contributed by atoms with van der Waals surface area (Å²) in [6.45, 7) is 2.64. The van der Waals surface area contributed by atoms with Gasteiger partial charge in [0.25, 0.3) is 6.02 Å². The minimum atomic E-state index is -0.515. The number of benzene rings is 2. The summed E-state index contributed by atoms with van der Waals surface area (Å²) < 4.78 is 21.5. The Morgan fingerprint density at radius 1 is 1.28 bits per heavy atom. The number of halogens is 2. The van der Waals surface area contributed by atoms with Crippen LogP contribution in [0.25, 0.3) is 28.0 Å². The maximum atomic E-state index is 15.1. The lowest BCUT2D eigenvalue weighted by Gasteiger charge is -2.31. The summed E-state index contributed by atoms with van der Waals surface area (Å²) in [6, 6.07) is 13.9. The van der Waals surface area contributed by atoms with Crippen LogP contribution < -0.4 is 22.1 Å². The summed E-state index contributed by atoms with van der Waals surface area (Å²) in [7, 11) is 1.48. The average molecular weight is 608 g/mol. The number of aromatic nitrogens is 3. The van der Waals surface area contributed by atoms with Crippen LogP contribution in [0.1, 0.15) is 62.6 Å². The van der Waals surface area contributed by atoms with Crippen molar-refractivity contribution in [2.24, 2.45) is 5.73 Å². The second kappa shape index (κ2) is 13.7. The number of nitrogens with two attached hydrogens (primary N) is 1. The summed E-state index contributed by atoms with van der Waals surface area (Å²) >= 11 is 6.25. The maximum Gasteiger partial charge on any atom is 0.354 e. The van der Waals surface area contributed by atoms with Gasteiger partial charge in [-0.15, -0.1) is 0 Å². The Morgan fingerprint density at radius 2 is 2.07 bits per heavy atom. The molecule has 1 saturated heterocycles. The third kappa shape index (κ3) is 7.44.